The zero-order chi connectivity index (χ0) is 11.5. The van der Waals surface area contributed by atoms with E-state index in [1.807, 2.05) is 42.5 Å². The van der Waals surface area contributed by atoms with Gasteiger partial charge in [-0.3, -0.25) is 5.10 Å². The lowest BCUT2D eigenvalue weighted by atomic mass is 10.1. The summed E-state index contributed by atoms with van der Waals surface area (Å²) in [6.07, 6.45) is 1.73. The van der Waals surface area contributed by atoms with Gasteiger partial charge in [0.15, 0.2) is 0 Å². The van der Waals surface area contributed by atoms with Crippen molar-refractivity contribution in [2.75, 3.05) is 0 Å². The average molecular weight is 221 g/mol. The normalized spacial score (nSPS) is 10.4. The Hall–Kier alpha value is -2.42. The summed E-state index contributed by atoms with van der Waals surface area (Å²) in [4.78, 5) is 4.61. The molecule has 0 amide bonds. The van der Waals surface area contributed by atoms with E-state index in [9.17, 15) is 0 Å². The van der Waals surface area contributed by atoms with E-state index in [0.29, 0.717) is 0 Å². The molecule has 3 aromatic rings. The summed E-state index contributed by atoms with van der Waals surface area (Å²) in [5.41, 5.74) is 3.93. The highest BCUT2D eigenvalue weighted by Crippen LogP contribution is 2.20. The molecular formula is C14H11N3. The molecule has 17 heavy (non-hydrogen) atoms. The zero-order valence-electron chi connectivity index (χ0n) is 9.17. The van der Waals surface area contributed by atoms with Crippen molar-refractivity contribution in [2.24, 2.45) is 0 Å². The lowest BCUT2D eigenvalue weighted by Crippen LogP contribution is -1.87. The van der Waals surface area contributed by atoms with Crippen LogP contribution in [0.2, 0.25) is 0 Å². The zero-order valence-corrected chi connectivity index (χ0v) is 9.17. The lowest BCUT2D eigenvalue weighted by molar-refractivity contribution is 1.09. The molecule has 2 heterocycles. The number of rotatable bonds is 2. The van der Waals surface area contributed by atoms with Gasteiger partial charge in [0.2, 0.25) is 0 Å². The number of hydrogen-bond donors (Lipinski definition) is 1. The molecule has 3 nitrogen and oxygen atoms in total. The van der Waals surface area contributed by atoms with Crippen LogP contribution in [0.25, 0.3) is 22.6 Å². The highest BCUT2D eigenvalue weighted by Gasteiger charge is 2.03. The van der Waals surface area contributed by atoms with E-state index in [-0.39, 0.29) is 0 Å². The van der Waals surface area contributed by atoms with E-state index < -0.39 is 0 Å². The summed E-state index contributed by atoms with van der Waals surface area (Å²) in [5.74, 6) is 0. The molecule has 0 atom stereocenters. The molecule has 0 aliphatic carbocycles. The quantitative estimate of drug-likeness (QED) is 0.722. The number of benzene rings is 1. The van der Waals surface area contributed by atoms with E-state index >= 15 is 0 Å². The van der Waals surface area contributed by atoms with Gasteiger partial charge in [-0.2, -0.15) is 5.10 Å². The minimum Gasteiger partial charge on any atom is -0.276 e. The number of H-pyrrole nitrogens is 1. The van der Waals surface area contributed by atoms with E-state index in [0.717, 1.165) is 22.6 Å². The second kappa shape index (κ2) is 4.22. The van der Waals surface area contributed by atoms with Crippen molar-refractivity contribution in [1.82, 2.24) is 15.2 Å². The maximum Gasteiger partial charge on any atom is 0.0887 e. The third kappa shape index (κ3) is 1.95. The van der Waals surface area contributed by atoms with Gasteiger partial charge in [0.05, 0.1) is 17.1 Å². The fourth-order valence-corrected chi connectivity index (χ4v) is 1.75. The highest BCUT2D eigenvalue weighted by molar-refractivity contribution is 5.63. The van der Waals surface area contributed by atoms with Gasteiger partial charge in [0.1, 0.15) is 0 Å². The van der Waals surface area contributed by atoms with Crippen molar-refractivity contribution in [1.29, 1.82) is 0 Å². The summed E-state index contributed by atoms with van der Waals surface area (Å²) < 4.78 is 0. The van der Waals surface area contributed by atoms with E-state index in [1.165, 1.54) is 0 Å². The molecule has 0 spiro atoms. The lowest BCUT2D eigenvalue weighted by Gasteiger charge is -2.02. The van der Waals surface area contributed by atoms with E-state index in [4.69, 9.17) is 0 Å². The summed E-state index contributed by atoms with van der Waals surface area (Å²) in [5, 5.41) is 6.86. The molecule has 0 unspecified atom stereocenters. The van der Waals surface area contributed by atoms with Gasteiger partial charge >= 0.3 is 0 Å². The number of aromatic amines is 1. The third-order valence-corrected chi connectivity index (χ3v) is 2.60. The van der Waals surface area contributed by atoms with Crippen LogP contribution < -0.4 is 0 Å². The second-order valence-corrected chi connectivity index (χ2v) is 3.74. The molecule has 1 N–H and O–H groups in total. The van der Waals surface area contributed by atoms with Crippen LogP contribution in [0.15, 0.2) is 60.8 Å². The minimum absolute atomic E-state index is 0.906. The molecule has 0 saturated heterocycles. The molecule has 0 saturated carbocycles. The molecule has 2 aromatic heterocycles. The first kappa shape index (κ1) is 9.78. The first-order valence-electron chi connectivity index (χ1n) is 5.46. The molecule has 3 heteroatoms. The van der Waals surface area contributed by atoms with Crippen LogP contribution >= 0.6 is 0 Å². The van der Waals surface area contributed by atoms with Crippen molar-refractivity contribution in [2.45, 2.75) is 0 Å². The van der Waals surface area contributed by atoms with Gasteiger partial charge in [0, 0.05) is 11.8 Å². The smallest absolute Gasteiger partial charge is 0.0887 e. The monoisotopic (exact) mass is 221 g/mol. The van der Waals surface area contributed by atoms with Crippen LogP contribution in [-0.4, -0.2) is 15.2 Å². The first-order chi connectivity index (χ1) is 8.43. The Labute approximate surface area is 99.2 Å². The Morgan fingerprint density at radius 1 is 0.765 bits per heavy atom. The maximum atomic E-state index is 4.61. The van der Waals surface area contributed by atoms with Crippen LogP contribution in [0.3, 0.4) is 0 Å². The fourth-order valence-electron chi connectivity index (χ4n) is 1.75. The minimum atomic E-state index is 0.906. The summed E-state index contributed by atoms with van der Waals surface area (Å²) in [7, 11) is 0. The Balaban J connectivity index is 2.06. The van der Waals surface area contributed by atoms with Crippen molar-refractivity contribution in [3.05, 3.63) is 60.8 Å². The standard InChI is InChI=1S/C14H11N3/c1-2-5-11(6-3-1)12-7-4-8-13(16-12)14-9-10-15-17-14/h1-10H,(H,15,17). The number of pyridine rings is 1. The molecule has 0 fully saturated rings. The number of nitrogens with one attached hydrogen (secondary N) is 1. The van der Waals surface area contributed by atoms with Gasteiger partial charge in [-0.1, -0.05) is 36.4 Å². The Morgan fingerprint density at radius 3 is 2.35 bits per heavy atom. The Morgan fingerprint density at radius 2 is 1.59 bits per heavy atom. The van der Waals surface area contributed by atoms with Crippen LogP contribution in [0.4, 0.5) is 0 Å². The van der Waals surface area contributed by atoms with Crippen LogP contribution in [0.1, 0.15) is 0 Å². The molecular weight excluding hydrogens is 210 g/mol. The summed E-state index contributed by atoms with van der Waals surface area (Å²) >= 11 is 0. The Bertz CT molecular complexity index is 600. The summed E-state index contributed by atoms with van der Waals surface area (Å²) in [6.45, 7) is 0. The van der Waals surface area contributed by atoms with Crippen LogP contribution in [0, 0.1) is 0 Å². The van der Waals surface area contributed by atoms with Gasteiger partial charge in [-0.05, 0) is 18.2 Å². The van der Waals surface area contributed by atoms with Crippen molar-refractivity contribution in [3.8, 4) is 22.6 Å². The molecule has 0 radical (unpaired) electrons. The third-order valence-electron chi connectivity index (χ3n) is 2.60. The van der Waals surface area contributed by atoms with Crippen molar-refractivity contribution >= 4 is 0 Å². The second-order valence-electron chi connectivity index (χ2n) is 3.74. The molecule has 0 aliphatic rings. The van der Waals surface area contributed by atoms with Gasteiger partial charge in [-0.15, -0.1) is 0 Å². The molecule has 0 bridgehead atoms. The van der Waals surface area contributed by atoms with Crippen LogP contribution in [0.5, 0.6) is 0 Å². The average Bonchev–Trinajstić information content (AvgIpc) is 2.94. The first-order valence-corrected chi connectivity index (χ1v) is 5.46. The Kier molecular flexibility index (Phi) is 2.43. The van der Waals surface area contributed by atoms with Gasteiger partial charge in [0.25, 0.3) is 0 Å². The SMILES string of the molecule is c1ccc(-c2cccc(-c3ccn[nH]3)n2)cc1. The van der Waals surface area contributed by atoms with Crippen molar-refractivity contribution < 1.29 is 0 Å². The largest absolute Gasteiger partial charge is 0.276 e. The molecule has 0 aliphatic heterocycles. The number of hydrogen-bond acceptors (Lipinski definition) is 2. The molecule has 82 valence electrons. The van der Waals surface area contributed by atoms with E-state index in [2.05, 4.69) is 27.3 Å². The molecule has 3 rings (SSSR count). The number of nitrogens with zero attached hydrogens (tertiary/aromatic N) is 2. The predicted octanol–water partition coefficient (Wildman–Crippen LogP) is 3.14. The van der Waals surface area contributed by atoms with Gasteiger partial charge in [-0.25, -0.2) is 4.98 Å². The number of aromatic nitrogens is 3. The van der Waals surface area contributed by atoms with Crippen LogP contribution in [-0.2, 0) is 0 Å². The predicted molar refractivity (Wildman–Crippen MR) is 67.3 cm³/mol. The maximum absolute atomic E-state index is 4.61. The fraction of sp³-hybridized carbons (Fsp3) is 0. The molecule has 1 aromatic carbocycles. The van der Waals surface area contributed by atoms with Crippen molar-refractivity contribution in [3.63, 3.8) is 0 Å². The van der Waals surface area contributed by atoms with Gasteiger partial charge < -0.3 is 0 Å². The highest BCUT2D eigenvalue weighted by atomic mass is 15.1. The topological polar surface area (TPSA) is 41.6 Å². The summed E-state index contributed by atoms with van der Waals surface area (Å²) in [6, 6.07) is 18.0. The van der Waals surface area contributed by atoms with E-state index in [1.54, 1.807) is 6.20 Å².